The lowest BCUT2D eigenvalue weighted by Crippen LogP contribution is -2.35. The van der Waals surface area contributed by atoms with E-state index in [4.69, 9.17) is 9.84 Å². The molecule has 2 rings (SSSR count). The van der Waals surface area contributed by atoms with Gasteiger partial charge in [0.2, 0.25) is 5.91 Å². The molecule has 0 spiro atoms. The van der Waals surface area contributed by atoms with Gasteiger partial charge in [-0.2, -0.15) is 0 Å². The molecule has 0 unspecified atom stereocenters. The van der Waals surface area contributed by atoms with Crippen molar-refractivity contribution in [3.05, 3.63) is 29.8 Å². The van der Waals surface area contributed by atoms with Crippen LogP contribution < -0.4 is 10.1 Å². The first-order valence-corrected chi connectivity index (χ1v) is 5.28. The Morgan fingerprint density at radius 1 is 1.41 bits per heavy atom. The van der Waals surface area contributed by atoms with Crippen molar-refractivity contribution < 1.29 is 19.4 Å². The number of carbonyl (C=O) groups is 2. The zero-order valence-corrected chi connectivity index (χ0v) is 9.34. The summed E-state index contributed by atoms with van der Waals surface area (Å²) in [4.78, 5) is 22.3. The highest BCUT2D eigenvalue weighted by atomic mass is 16.5. The number of rotatable bonds is 3. The topological polar surface area (TPSA) is 75.6 Å². The van der Waals surface area contributed by atoms with Crippen LogP contribution in [0.3, 0.4) is 0 Å². The predicted octanol–water partition coefficient (Wildman–Crippen LogP) is 0.752. The van der Waals surface area contributed by atoms with E-state index < -0.39 is 12.0 Å². The number of carboxylic acid groups (broad SMARTS) is 1. The molecule has 1 aromatic rings. The molecule has 2 N–H and O–H groups in total. The molecule has 0 radical (unpaired) electrons. The SMILES string of the molecule is COc1ccc([C@@H]2CC(=O)N[C@@H]2C(=O)O)cc1. The maximum absolute atomic E-state index is 11.3. The zero-order valence-electron chi connectivity index (χ0n) is 9.34. The molecule has 2 atom stereocenters. The first kappa shape index (κ1) is 11.4. The van der Waals surface area contributed by atoms with Crippen LogP contribution in [0.5, 0.6) is 5.75 Å². The van der Waals surface area contributed by atoms with E-state index in [0.29, 0.717) is 5.75 Å². The van der Waals surface area contributed by atoms with Crippen LogP contribution in [-0.4, -0.2) is 30.1 Å². The minimum absolute atomic E-state index is 0.212. The van der Waals surface area contributed by atoms with Crippen molar-refractivity contribution in [2.75, 3.05) is 7.11 Å². The Morgan fingerprint density at radius 3 is 2.59 bits per heavy atom. The maximum atomic E-state index is 11.3. The summed E-state index contributed by atoms with van der Waals surface area (Å²) in [6, 6.07) is 6.27. The predicted molar refractivity (Wildman–Crippen MR) is 59.9 cm³/mol. The second kappa shape index (κ2) is 4.45. The maximum Gasteiger partial charge on any atom is 0.326 e. The molecule has 0 bridgehead atoms. The van der Waals surface area contributed by atoms with Gasteiger partial charge in [0.25, 0.3) is 0 Å². The summed E-state index contributed by atoms with van der Waals surface area (Å²) < 4.78 is 5.03. The van der Waals surface area contributed by atoms with Gasteiger partial charge in [-0.15, -0.1) is 0 Å². The van der Waals surface area contributed by atoms with Crippen molar-refractivity contribution in [3.8, 4) is 5.75 Å². The summed E-state index contributed by atoms with van der Waals surface area (Å²) in [5.74, 6) is -0.835. The minimum Gasteiger partial charge on any atom is -0.497 e. The standard InChI is InChI=1S/C12H13NO4/c1-17-8-4-2-7(3-5-8)9-6-10(14)13-11(9)12(15)16/h2-5,9,11H,6H2,1H3,(H,13,14)(H,15,16)/t9-,11-/m0/s1. The number of carbonyl (C=O) groups excluding carboxylic acids is 1. The summed E-state index contributed by atoms with van der Waals surface area (Å²) in [6.07, 6.45) is 0.212. The molecular weight excluding hydrogens is 222 g/mol. The van der Waals surface area contributed by atoms with E-state index in [9.17, 15) is 9.59 Å². The Bertz CT molecular complexity index is 440. The smallest absolute Gasteiger partial charge is 0.326 e. The fourth-order valence-corrected chi connectivity index (χ4v) is 2.05. The molecule has 0 saturated carbocycles. The first-order valence-electron chi connectivity index (χ1n) is 5.28. The Hall–Kier alpha value is -2.04. The van der Waals surface area contributed by atoms with Gasteiger partial charge in [0, 0.05) is 12.3 Å². The van der Waals surface area contributed by atoms with Gasteiger partial charge in [-0.3, -0.25) is 4.79 Å². The van der Waals surface area contributed by atoms with Gasteiger partial charge in [-0.25, -0.2) is 4.79 Å². The average molecular weight is 235 g/mol. The van der Waals surface area contributed by atoms with Gasteiger partial charge in [0.05, 0.1) is 7.11 Å². The van der Waals surface area contributed by atoms with Crippen LogP contribution in [0.4, 0.5) is 0 Å². The third-order valence-electron chi connectivity index (χ3n) is 2.93. The van der Waals surface area contributed by atoms with E-state index in [1.165, 1.54) is 0 Å². The largest absolute Gasteiger partial charge is 0.497 e. The van der Waals surface area contributed by atoms with Crippen LogP contribution in [0, 0.1) is 0 Å². The molecule has 1 amide bonds. The van der Waals surface area contributed by atoms with Crippen LogP contribution in [-0.2, 0) is 9.59 Å². The molecule has 1 aliphatic heterocycles. The van der Waals surface area contributed by atoms with Crippen molar-refractivity contribution in [1.29, 1.82) is 0 Å². The molecule has 1 fully saturated rings. The van der Waals surface area contributed by atoms with Crippen LogP contribution in [0.25, 0.3) is 0 Å². The highest BCUT2D eigenvalue weighted by molar-refractivity contribution is 5.89. The second-order valence-corrected chi connectivity index (χ2v) is 3.97. The number of hydrogen-bond donors (Lipinski definition) is 2. The Morgan fingerprint density at radius 2 is 2.06 bits per heavy atom. The fourth-order valence-electron chi connectivity index (χ4n) is 2.05. The number of methoxy groups -OCH3 is 1. The third kappa shape index (κ3) is 2.22. The molecule has 1 heterocycles. The van der Waals surface area contributed by atoms with E-state index in [1.54, 1.807) is 31.4 Å². The van der Waals surface area contributed by atoms with Gasteiger partial charge < -0.3 is 15.2 Å². The molecule has 1 saturated heterocycles. The number of ether oxygens (including phenoxy) is 1. The highest BCUT2D eigenvalue weighted by Crippen LogP contribution is 2.29. The molecule has 5 heteroatoms. The average Bonchev–Trinajstić information content (AvgIpc) is 2.72. The highest BCUT2D eigenvalue weighted by Gasteiger charge is 2.38. The summed E-state index contributed by atoms with van der Waals surface area (Å²) >= 11 is 0. The van der Waals surface area contributed by atoms with Crippen molar-refractivity contribution in [1.82, 2.24) is 5.32 Å². The third-order valence-corrected chi connectivity index (χ3v) is 2.93. The molecule has 1 aliphatic rings. The van der Waals surface area contributed by atoms with Crippen LogP contribution in [0.15, 0.2) is 24.3 Å². The van der Waals surface area contributed by atoms with Gasteiger partial charge in [0.15, 0.2) is 0 Å². The van der Waals surface area contributed by atoms with Crippen LogP contribution >= 0.6 is 0 Å². The van der Waals surface area contributed by atoms with Crippen LogP contribution in [0.2, 0.25) is 0 Å². The lowest BCUT2D eigenvalue weighted by atomic mass is 9.92. The second-order valence-electron chi connectivity index (χ2n) is 3.97. The lowest BCUT2D eigenvalue weighted by molar-refractivity contribution is -0.140. The number of hydrogen-bond acceptors (Lipinski definition) is 3. The molecule has 0 aromatic heterocycles. The van der Waals surface area contributed by atoms with Gasteiger partial charge in [-0.1, -0.05) is 12.1 Å². The number of nitrogens with one attached hydrogen (secondary N) is 1. The Kier molecular flexibility index (Phi) is 2.99. The lowest BCUT2D eigenvalue weighted by Gasteiger charge is -2.15. The van der Waals surface area contributed by atoms with Gasteiger partial charge >= 0.3 is 5.97 Å². The molecule has 5 nitrogen and oxygen atoms in total. The van der Waals surface area contributed by atoms with Crippen molar-refractivity contribution in [2.24, 2.45) is 0 Å². The van der Waals surface area contributed by atoms with Crippen molar-refractivity contribution in [3.63, 3.8) is 0 Å². The molecule has 0 aliphatic carbocycles. The molecular formula is C12H13NO4. The number of amides is 1. The Labute approximate surface area is 98.4 Å². The van der Waals surface area contributed by atoms with E-state index in [2.05, 4.69) is 5.32 Å². The summed E-state index contributed by atoms with van der Waals surface area (Å²) in [7, 11) is 1.57. The normalized spacial score (nSPS) is 23.2. The van der Waals surface area contributed by atoms with E-state index in [0.717, 1.165) is 5.56 Å². The van der Waals surface area contributed by atoms with Gasteiger partial charge in [0.1, 0.15) is 11.8 Å². The van der Waals surface area contributed by atoms with E-state index in [-0.39, 0.29) is 18.2 Å². The van der Waals surface area contributed by atoms with E-state index >= 15 is 0 Å². The minimum atomic E-state index is -1.00. The number of carboxylic acids is 1. The molecule has 90 valence electrons. The zero-order chi connectivity index (χ0) is 12.4. The monoisotopic (exact) mass is 235 g/mol. The van der Waals surface area contributed by atoms with Crippen molar-refractivity contribution >= 4 is 11.9 Å². The molecule has 1 aromatic carbocycles. The summed E-state index contributed by atoms with van der Waals surface area (Å²) in [5, 5.41) is 11.5. The van der Waals surface area contributed by atoms with Crippen molar-refractivity contribution in [2.45, 2.75) is 18.4 Å². The quantitative estimate of drug-likeness (QED) is 0.810. The summed E-state index contributed by atoms with van der Waals surface area (Å²) in [6.45, 7) is 0. The van der Waals surface area contributed by atoms with Gasteiger partial charge in [-0.05, 0) is 17.7 Å². The Balaban J connectivity index is 2.25. The first-order chi connectivity index (χ1) is 8.11. The van der Waals surface area contributed by atoms with Crippen LogP contribution in [0.1, 0.15) is 17.9 Å². The summed E-state index contributed by atoms with van der Waals surface area (Å²) in [5.41, 5.74) is 0.830. The number of benzene rings is 1. The molecule has 17 heavy (non-hydrogen) atoms. The number of aliphatic carboxylic acids is 1. The van der Waals surface area contributed by atoms with E-state index in [1.807, 2.05) is 0 Å². The fraction of sp³-hybridized carbons (Fsp3) is 0.333.